The highest BCUT2D eigenvalue weighted by atomic mass is 35.5. The van der Waals surface area contributed by atoms with Crippen LogP contribution in [0.4, 0.5) is 4.39 Å². The molecule has 11 heteroatoms. The maximum Gasteiger partial charge on any atom is 0.249 e. The molecular weight excluding hydrogens is 530 g/mol. The van der Waals surface area contributed by atoms with Crippen LogP contribution in [-0.2, 0) is 6.42 Å². The third kappa shape index (κ3) is 4.64. The zero-order valence-corrected chi connectivity index (χ0v) is 20.2. The number of hydrogen-bond acceptors (Lipinski definition) is 6. The smallest absolute Gasteiger partial charge is 0.249 e. The van der Waals surface area contributed by atoms with Gasteiger partial charge in [-0.25, -0.2) is 4.39 Å². The van der Waals surface area contributed by atoms with Crippen LogP contribution in [0.1, 0.15) is 17.0 Å². The van der Waals surface area contributed by atoms with Gasteiger partial charge in [-0.15, -0.1) is 10.2 Å². The van der Waals surface area contributed by atoms with Crippen molar-refractivity contribution >= 4 is 45.7 Å². The third-order valence-corrected chi connectivity index (χ3v) is 5.95. The number of hydrogen-bond donors (Lipinski definition) is 1. The summed E-state index contributed by atoms with van der Waals surface area (Å²) in [5.74, 6) is -0.609. The molecule has 0 amide bonds. The molecule has 1 N–H and O–H groups in total. The van der Waals surface area contributed by atoms with E-state index >= 15 is 4.39 Å². The predicted molar refractivity (Wildman–Crippen MR) is 133 cm³/mol. The van der Waals surface area contributed by atoms with Crippen molar-refractivity contribution < 1.29 is 13.5 Å². The average molecular weight is 542 g/mol. The fraction of sp³-hybridized carbons (Fsp3) is 0.0400. The number of nitriles is 1. The first-order valence-electron chi connectivity index (χ1n) is 10.3. The van der Waals surface area contributed by atoms with E-state index in [2.05, 4.69) is 15.2 Å². The maximum atomic E-state index is 15.4. The Kier molecular flexibility index (Phi) is 6.37. The minimum absolute atomic E-state index is 0.0234. The molecule has 0 aliphatic heterocycles. The second kappa shape index (κ2) is 9.63. The summed E-state index contributed by atoms with van der Waals surface area (Å²) in [5.41, 5.74) is 1.12. The molecule has 36 heavy (non-hydrogen) atoms. The normalized spacial score (nSPS) is 11.0. The highest BCUT2D eigenvalue weighted by Crippen LogP contribution is 2.36. The first-order valence-corrected chi connectivity index (χ1v) is 11.4. The van der Waals surface area contributed by atoms with E-state index in [9.17, 15) is 4.79 Å². The number of rotatable bonds is 5. The van der Waals surface area contributed by atoms with E-state index in [4.69, 9.17) is 49.2 Å². The van der Waals surface area contributed by atoms with Crippen LogP contribution in [0.3, 0.4) is 0 Å². The van der Waals surface area contributed by atoms with Gasteiger partial charge < -0.3 is 14.1 Å². The highest BCUT2D eigenvalue weighted by Gasteiger charge is 2.19. The van der Waals surface area contributed by atoms with Crippen LogP contribution in [0.15, 0.2) is 63.9 Å². The molecule has 0 saturated carbocycles. The van der Waals surface area contributed by atoms with E-state index in [1.165, 1.54) is 42.6 Å². The summed E-state index contributed by atoms with van der Waals surface area (Å²) in [6.45, 7) is 0. The van der Waals surface area contributed by atoms with Gasteiger partial charge in [0.05, 0.1) is 34.2 Å². The maximum absolute atomic E-state index is 15.4. The SMILES string of the molecule is N#Cc1cc(Cl)cc(Oc2c(Cl)ccc(Cc3nnc(-c4cc(Cl)cc5c(=O)cc[nH]c45)o3)c2F)c1. The van der Waals surface area contributed by atoms with Crippen molar-refractivity contribution in [1.29, 1.82) is 5.26 Å². The molecule has 5 aromatic rings. The number of fused-ring (bicyclic) bond motifs is 1. The highest BCUT2D eigenvalue weighted by molar-refractivity contribution is 6.32. The minimum Gasteiger partial charge on any atom is -0.453 e. The first kappa shape index (κ1) is 23.8. The quantitative estimate of drug-likeness (QED) is 0.259. The Morgan fingerprint density at radius 1 is 1.06 bits per heavy atom. The fourth-order valence-electron chi connectivity index (χ4n) is 3.62. The molecule has 0 aliphatic rings. The molecule has 0 unspecified atom stereocenters. The van der Waals surface area contributed by atoms with E-state index < -0.39 is 5.82 Å². The van der Waals surface area contributed by atoms with Crippen molar-refractivity contribution in [1.82, 2.24) is 15.2 Å². The number of benzene rings is 3. The standard InChI is InChI=1S/C25H12Cl3FN4O3/c26-14-5-12(11-30)6-16(8-14)35-24-19(28)2-1-13(22(24)29)7-21-32-33-25(36-21)18-10-15(27)9-17-20(34)3-4-31-23(17)18/h1-6,8-10H,7H2,(H,31,34). The van der Waals surface area contributed by atoms with E-state index in [0.717, 1.165) is 0 Å². The second-order valence-corrected chi connectivity index (χ2v) is 8.91. The molecule has 5 rings (SSSR count). The Bertz CT molecular complexity index is 1740. The van der Waals surface area contributed by atoms with Gasteiger partial charge in [0.25, 0.3) is 0 Å². The summed E-state index contributed by atoms with van der Waals surface area (Å²) in [7, 11) is 0. The Labute approximate surface area is 217 Å². The molecule has 2 aromatic heterocycles. The molecule has 3 aromatic carbocycles. The summed E-state index contributed by atoms with van der Waals surface area (Å²) in [4.78, 5) is 15.2. The summed E-state index contributed by atoms with van der Waals surface area (Å²) in [6, 6.07) is 13.7. The molecule has 2 heterocycles. The van der Waals surface area contributed by atoms with Gasteiger partial charge in [-0.3, -0.25) is 4.79 Å². The second-order valence-electron chi connectivity index (χ2n) is 7.63. The summed E-state index contributed by atoms with van der Waals surface area (Å²) in [6.07, 6.45) is 1.43. The molecular formula is C25H12Cl3FN4O3. The van der Waals surface area contributed by atoms with Crippen LogP contribution < -0.4 is 10.2 Å². The number of aromatic amines is 1. The largest absolute Gasteiger partial charge is 0.453 e. The van der Waals surface area contributed by atoms with Gasteiger partial charge >= 0.3 is 0 Å². The van der Waals surface area contributed by atoms with Crippen LogP contribution in [0.5, 0.6) is 11.5 Å². The van der Waals surface area contributed by atoms with Crippen LogP contribution in [0.25, 0.3) is 22.4 Å². The van der Waals surface area contributed by atoms with E-state index in [0.29, 0.717) is 21.5 Å². The lowest BCUT2D eigenvalue weighted by molar-refractivity contribution is 0.437. The number of nitrogens with one attached hydrogen (secondary N) is 1. The summed E-state index contributed by atoms with van der Waals surface area (Å²) >= 11 is 18.4. The number of nitrogens with zero attached hydrogens (tertiary/aromatic N) is 3. The number of pyridine rings is 1. The molecule has 0 saturated heterocycles. The topological polar surface area (TPSA) is 105 Å². The lowest BCUT2D eigenvalue weighted by Crippen LogP contribution is -2.01. The molecule has 0 aliphatic carbocycles. The number of ether oxygens (including phenoxy) is 1. The van der Waals surface area contributed by atoms with E-state index in [-0.39, 0.29) is 56.3 Å². The van der Waals surface area contributed by atoms with Crippen molar-refractivity contribution in [3.8, 4) is 29.0 Å². The monoisotopic (exact) mass is 540 g/mol. The van der Waals surface area contributed by atoms with Crippen molar-refractivity contribution in [3.05, 3.63) is 103 Å². The molecule has 178 valence electrons. The van der Waals surface area contributed by atoms with Gasteiger partial charge in [-0.1, -0.05) is 40.9 Å². The number of H-pyrrole nitrogens is 1. The van der Waals surface area contributed by atoms with Crippen LogP contribution in [-0.4, -0.2) is 15.2 Å². The van der Waals surface area contributed by atoms with Gasteiger partial charge in [-0.2, -0.15) is 5.26 Å². The van der Waals surface area contributed by atoms with Crippen molar-refractivity contribution in [2.45, 2.75) is 6.42 Å². The number of aromatic nitrogens is 3. The molecule has 7 nitrogen and oxygen atoms in total. The molecule has 0 spiro atoms. The van der Waals surface area contributed by atoms with Gasteiger partial charge in [0.15, 0.2) is 17.0 Å². The van der Waals surface area contributed by atoms with Crippen LogP contribution >= 0.6 is 34.8 Å². The summed E-state index contributed by atoms with van der Waals surface area (Å²) < 4.78 is 26.8. The lowest BCUT2D eigenvalue weighted by atomic mass is 10.1. The predicted octanol–water partition coefficient (Wildman–Crippen LogP) is 6.93. The Balaban J connectivity index is 1.47. The summed E-state index contributed by atoms with van der Waals surface area (Å²) in [5, 5.41) is 18.2. The van der Waals surface area contributed by atoms with Gasteiger partial charge in [0, 0.05) is 33.3 Å². The van der Waals surface area contributed by atoms with Crippen molar-refractivity contribution in [2.24, 2.45) is 0 Å². The van der Waals surface area contributed by atoms with Gasteiger partial charge in [0.2, 0.25) is 11.8 Å². The molecule has 0 atom stereocenters. The van der Waals surface area contributed by atoms with Gasteiger partial charge in [-0.05, 0) is 36.4 Å². The van der Waals surface area contributed by atoms with Crippen LogP contribution in [0.2, 0.25) is 15.1 Å². The van der Waals surface area contributed by atoms with Crippen molar-refractivity contribution in [2.75, 3.05) is 0 Å². The van der Waals surface area contributed by atoms with Crippen molar-refractivity contribution in [3.63, 3.8) is 0 Å². The third-order valence-electron chi connectivity index (χ3n) is 5.22. The molecule has 0 radical (unpaired) electrons. The molecule has 0 fully saturated rings. The van der Waals surface area contributed by atoms with E-state index in [1.807, 2.05) is 6.07 Å². The van der Waals surface area contributed by atoms with Crippen LogP contribution in [0, 0.1) is 17.1 Å². The number of halogens is 4. The fourth-order valence-corrected chi connectivity index (χ4v) is 4.25. The minimum atomic E-state index is -0.738. The molecule has 0 bridgehead atoms. The van der Waals surface area contributed by atoms with E-state index in [1.54, 1.807) is 12.1 Å². The lowest BCUT2D eigenvalue weighted by Gasteiger charge is -2.12. The Morgan fingerprint density at radius 2 is 1.86 bits per heavy atom. The first-order chi connectivity index (χ1) is 17.3. The zero-order chi connectivity index (χ0) is 25.4. The zero-order valence-electron chi connectivity index (χ0n) is 18.0. The Morgan fingerprint density at radius 3 is 2.67 bits per heavy atom. The Hall–Kier alpha value is -3.90. The van der Waals surface area contributed by atoms with Gasteiger partial charge in [0.1, 0.15) is 5.75 Å². The average Bonchev–Trinajstić information content (AvgIpc) is 3.32.